The molecule has 5 atom stereocenters. The summed E-state index contributed by atoms with van der Waals surface area (Å²) < 4.78 is 4.77. The van der Waals surface area contributed by atoms with Crippen LogP contribution in [0.5, 0.6) is 0 Å². The maximum Gasteiger partial charge on any atom is 0.174 e. The molecule has 1 aliphatic heterocycles. The average molecular weight is 214 g/mol. The molecule has 1 saturated heterocycles. The van der Waals surface area contributed by atoms with Crippen molar-refractivity contribution in [2.75, 3.05) is 6.61 Å². The van der Waals surface area contributed by atoms with Crippen LogP contribution < -0.4 is 4.84 Å². The Morgan fingerprint density at radius 2 is 1.85 bits per heavy atom. The SMILES string of the molecule is OC[C@H]1O[C@@H](O)[C@H](NCl)[C@@H](O)[C@@H]1O. The number of halogens is 1. The molecule has 6 nitrogen and oxygen atoms in total. The minimum absolute atomic E-state index is 0.482. The van der Waals surface area contributed by atoms with Gasteiger partial charge in [0.15, 0.2) is 6.29 Å². The molecule has 0 radical (unpaired) electrons. The lowest BCUT2D eigenvalue weighted by Gasteiger charge is -2.39. The molecule has 0 unspecified atom stereocenters. The van der Waals surface area contributed by atoms with Crippen LogP contribution in [-0.4, -0.2) is 57.7 Å². The molecule has 7 heteroatoms. The van der Waals surface area contributed by atoms with E-state index in [4.69, 9.17) is 21.6 Å². The van der Waals surface area contributed by atoms with Crippen molar-refractivity contribution in [3.63, 3.8) is 0 Å². The minimum atomic E-state index is -1.35. The summed E-state index contributed by atoms with van der Waals surface area (Å²) in [6, 6.07) is -0.973. The smallest absolute Gasteiger partial charge is 0.174 e. The van der Waals surface area contributed by atoms with Crippen LogP contribution in [-0.2, 0) is 4.74 Å². The summed E-state index contributed by atoms with van der Waals surface area (Å²) in [6.07, 6.45) is -4.90. The largest absolute Gasteiger partial charge is 0.394 e. The van der Waals surface area contributed by atoms with Gasteiger partial charge in [-0.3, -0.25) is 0 Å². The summed E-state index contributed by atoms with van der Waals surface area (Å²) >= 11 is 5.20. The van der Waals surface area contributed by atoms with Crippen LogP contribution in [0.25, 0.3) is 0 Å². The fourth-order valence-corrected chi connectivity index (χ4v) is 1.45. The van der Waals surface area contributed by atoms with Gasteiger partial charge in [-0.15, -0.1) is 0 Å². The van der Waals surface area contributed by atoms with Crippen LogP contribution in [0.4, 0.5) is 0 Å². The first-order valence-electron chi connectivity index (χ1n) is 3.78. The Kier molecular flexibility index (Phi) is 3.87. The quantitative estimate of drug-likeness (QED) is 0.326. The average Bonchev–Trinajstić information content (AvgIpc) is 2.12. The fourth-order valence-electron chi connectivity index (χ4n) is 1.21. The number of aliphatic hydroxyl groups is 4. The van der Waals surface area contributed by atoms with Crippen molar-refractivity contribution in [2.24, 2.45) is 0 Å². The van der Waals surface area contributed by atoms with Gasteiger partial charge in [-0.2, -0.15) is 0 Å². The van der Waals surface area contributed by atoms with Crippen molar-refractivity contribution in [3.05, 3.63) is 0 Å². The topological polar surface area (TPSA) is 102 Å². The molecule has 0 spiro atoms. The Labute approximate surface area is 79.8 Å². The van der Waals surface area contributed by atoms with Gasteiger partial charge in [0.25, 0.3) is 0 Å². The van der Waals surface area contributed by atoms with Crippen LogP contribution in [0, 0.1) is 0 Å². The van der Waals surface area contributed by atoms with E-state index in [0.29, 0.717) is 0 Å². The predicted octanol–water partition coefficient (Wildman–Crippen LogP) is -2.47. The molecule has 13 heavy (non-hydrogen) atoms. The molecule has 0 aromatic carbocycles. The van der Waals surface area contributed by atoms with Gasteiger partial charge in [0.1, 0.15) is 24.4 Å². The zero-order chi connectivity index (χ0) is 10.0. The van der Waals surface area contributed by atoms with Gasteiger partial charge in [0.2, 0.25) is 0 Å². The van der Waals surface area contributed by atoms with Gasteiger partial charge in [-0.05, 0) is 11.8 Å². The number of aliphatic hydroxyl groups excluding tert-OH is 4. The van der Waals surface area contributed by atoms with Gasteiger partial charge in [-0.1, -0.05) is 0 Å². The van der Waals surface area contributed by atoms with Gasteiger partial charge in [0.05, 0.1) is 6.61 Å². The Morgan fingerprint density at radius 1 is 1.23 bits per heavy atom. The highest BCUT2D eigenvalue weighted by Crippen LogP contribution is 2.19. The van der Waals surface area contributed by atoms with Crippen molar-refractivity contribution in [2.45, 2.75) is 30.6 Å². The zero-order valence-electron chi connectivity index (χ0n) is 6.67. The first-order chi connectivity index (χ1) is 6.11. The highest BCUT2D eigenvalue weighted by molar-refractivity contribution is 6.13. The van der Waals surface area contributed by atoms with Crippen LogP contribution in [0.2, 0.25) is 0 Å². The molecule has 0 bridgehead atoms. The second-order valence-corrected chi connectivity index (χ2v) is 3.08. The summed E-state index contributed by atoms with van der Waals surface area (Å²) in [5, 5.41) is 36.6. The normalized spacial score (nSPS) is 46.4. The zero-order valence-corrected chi connectivity index (χ0v) is 7.42. The number of hydrogen-bond donors (Lipinski definition) is 5. The molecule has 1 fully saturated rings. The summed E-state index contributed by atoms with van der Waals surface area (Å²) in [7, 11) is 0. The first kappa shape index (κ1) is 11.1. The van der Waals surface area contributed by atoms with E-state index in [1.54, 1.807) is 0 Å². The molecular weight excluding hydrogens is 202 g/mol. The molecule has 1 rings (SSSR count). The Hall–Kier alpha value is 0.0500. The molecule has 0 aliphatic carbocycles. The van der Waals surface area contributed by atoms with Crippen molar-refractivity contribution < 1.29 is 25.2 Å². The van der Waals surface area contributed by atoms with Crippen LogP contribution in [0.1, 0.15) is 0 Å². The molecule has 0 saturated carbocycles. The van der Waals surface area contributed by atoms with E-state index in [9.17, 15) is 15.3 Å². The highest BCUT2D eigenvalue weighted by atomic mass is 35.5. The predicted molar refractivity (Wildman–Crippen MR) is 42.8 cm³/mol. The summed E-state index contributed by atoms with van der Waals surface area (Å²) in [4.78, 5) is 2.08. The Bertz CT molecular complexity index is 171. The monoisotopic (exact) mass is 213 g/mol. The van der Waals surface area contributed by atoms with Crippen LogP contribution in [0.3, 0.4) is 0 Å². The molecule has 0 aromatic heterocycles. The maximum absolute atomic E-state index is 9.36. The third-order valence-electron chi connectivity index (χ3n) is 2.03. The van der Waals surface area contributed by atoms with Crippen molar-refractivity contribution in [1.82, 2.24) is 4.84 Å². The lowest BCUT2D eigenvalue weighted by molar-refractivity contribution is -0.251. The maximum atomic E-state index is 9.36. The Balaban J connectivity index is 2.66. The third kappa shape index (κ3) is 2.10. The highest BCUT2D eigenvalue weighted by Gasteiger charge is 2.43. The number of nitrogens with one attached hydrogen (secondary N) is 1. The molecule has 5 N–H and O–H groups in total. The minimum Gasteiger partial charge on any atom is -0.394 e. The summed E-state index contributed by atoms with van der Waals surface area (Å²) in [6.45, 7) is -0.482. The molecule has 78 valence electrons. The number of ether oxygens (including phenoxy) is 1. The molecule has 0 aromatic rings. The van der Waals surface area contributed by atoms with Crippen molar-refractivity contribution in [1.29, 1.82) is 0 Å². The van der Waals surface area contributed by atoms with Crippen molar-refractivity contribution in [3.8, 4) is 0 Å². The molecular formula is C6H12ClNO5. The van der Waals surface area contributed by atoms with E-state index in [0.717, 1.165) is 0 Å². The fraction of sp³-hybridized carbons (Fsp3) is 1.00. The van der Waals surface area contributed by atoms with Gasteiger partial charge in [0, 0.05) is 0 Å². The second kappa shape index (κ2) is 4.52. The van der Waals surface area contributed by atoms with E-state index in [-0.39, 0.29) is 0 Å². The second-order valence-electron chi connectivity index (χ2n) is 2.86. The number of hydrogen-bond acceptors (Lipinski definition) is 6. The molecule has 1 heterocycles. The molecule has 1 aliphatic rings. The summed E-state index contributed by atoms with van der Waals surface area (Å²) in [5.41, 5.74) is 0. The van der Waals surface area contributed by atoms with E-state index in [1.165, 1.54) is 0 Å². The van der Waals surface area contributed by atoms with Crippen LogP contribution >= 0.6 is 11.8 Å². The van der Waals surface area contributed by atoms with E-state index in [1.807, 2.05) is 0 Å². The lowest BCUT2D eigenvalue weighted by Crippen LogP contribution is -2.61. The van der Waals surface area contributed by atoms with Gasteiger partial charge >= 0.3 is 0 Å². The van der Waals surface area contributed by atoms with E-state index in [2.05, 4.69) is 4.84 Å². The lowest BCUT2D eigenvalue weighted by atomic mass is 9.98. The first-order valence-corrected chi connectivity index (χ1v) is 4.16. The summed E-state index contributed by atoms with van der Waals surface area (Å²) in [5.74, 6) is 0. The standard InChI is InChI=1S/C6H12ClNO5/c7-8-3-5(11)4(10)2(1-9)13-6(3)12/h2-6,8-12H,1H2/t2-,3-,4-,5-,6-/m1/s1. The van der Waals surface area contributed by atoms with E-state index >= 15 is 0 Å². The van der Waals surface area contributed by atoms with Crippen LogP contribution in [0.15, 0.2) is 0 Å². The molecule has 0 amide bonds. The Morgan fingerprint density at radius 3 is 2.31 bits per heavy atom. The number of rotatable bonds is 2. The third-order valence-corrected chi connectivity index (χ3v) is 2.28. The van der Waals surface area contributed by atoms with Gasteiger partial charge in [-0.25, -0.2) is 4.84 Å². The van der Waals surface area contributed by atoms with Crippen molar-refractivity contribution >= 4 is 11.8 Å². The van der Waals surface area contributed by atoms with E-state index < -0.39 is 37.3 Å². The van der Waals surface area contributed by atoms with Gasteiger partial charge < -0.3 is 25.2 Å².